The number of aliphatic hydroxyl groups is 1. The average molecular weight is 586 g/mol. The molecule has 2 aromatic heterocycles. The van der Waals surface area contributed by atoms with Gasteiger partial charge in [-0.25, -0.2) is 9.37 Å². The molecular weight excluding hydrogens is 558 g/mol. The van der Waals surface area contributed by atoms with Gasteiger partial charge in [-0.15, -0.1) is 0 Å². The first kappa shape index (κ1) is 27.9. The number of halogens is 4. The zero-order valence-electron chi connectivity index (χ0n) is 22.6. The van der Waals surface area contributed by atoms with Crippen LogP contribution in [0.15, 0.2) is 48.7 Å². The predicted molar refractivity (Wildman–Crippen MR) is 143 cm³/mol. The fraction of sp³-hybridized carbons (Fsp3) is 0.345. The second-order valence-corrected chi connectivity index (χ2v) is 10.8. The lowest BCUT2D eigenvalue weighted by Gasteiger charge is -2.31. The third-order valence-electron chi connectivity index (χ3n) is 7.91. The molecule has 2 atom stereocenters. The molecule has 42 heavy (non-hydrogen) atoms. The van der Waals surface area contributed by atoms with Crippen molar-refractivity contribution in [1.82, 2.24) is 20.1 Å². The highest BCUT2D eigenvalue weighted by Crippen LogP contribution is 2.52. The van der Waals surface area contributed by atoms with E-state index in [9.17, 15) is 27.5 Å². The van der Waals surface area contributed by atoms with Gasteiger partial charge in [-0.2, -0.15) is 18.3 Å². The molecule has 2 aromatic carbocycles. The van der Waals surface area contributed by atoms with Crippen LogP contribution in [0.25, 0.3) is 22.2 Å². The number of hydrogen-bond acceptors (Lipinski definition) is 7. The number of pyridine rings is 1. The van der Waals surface area contributed by atoms with E-state index >= 15 is 0 Å². The number of alkyl halides is 3. The topological polar surface area (TPSA) is 125 Å². The van der Waals surface area contributed by atoms with E-state index in [1.165, 1.54) is 25.3 Å². The van der Waals surface area contributed by atoms with Crippen LogP contribution in [0.3, 0.4) is 0 Å². The molecule has 1 aliphatic heterocycles. The first-order valence-corrected chi connectivity index (χ1v) is 13.2. The number of hydrogen-bond donors (Lipinski definition) is 3. The lowest BCUT2D eigenvalue weighted by Crippen LogP contribution is -2.52. The van der Waals surface area contributed by atoms with Gasteiger partial charge >= 0.3 is 6.18 Å². The van der Waals surface area contributed by atoms with Crippen LogP contribution in [-0.2, 0) is 18.2 Å². The van der Waals surface area contributed by atoms with Crippen LogP contribution >= 0.6 is 0 Å². The fourth-order valence-electron chi connectivity index (χ4n) is 5.37. The van der Waals surface area contributed by atoms with E-state index in [1.54, 1.807) is 24.0 Å². The Hall–Kier alpha value is -4.23. The zero-order valence-corrected chi connectivity index (χ0v) is 22.6. The number of fused-ring (bicyclic) bond motifs is 2. The molecule has 1 aliphatic carbocycles. The fourth-order valence-corrected chi connectivity index (χ4v) is 5.37. The van der Waals surface area contributed by atoms with Gasteiger partial charge in [0.1, 0.15) is 35.0 Å². The van der Waals surface area contributed by atoms with Gasteiger partial charge in [0.25, 0.3) is 5.91 Å². The lowest BCUT2D eigenvalue weighted by atomic mass is 9.86. The highest BCUT2D eigenvalue weighted by molar-refractivity contribution is 5.99. The Labute approximate surface area is 237 Å². The molecule has 2 aliphatic rings. The van der Waals surface area contributed by atoms with Crippen LogP contribution in [0.5, 0.6) is 11.5 Å². The van der Waals surface area contributed by atoms with E-state index in [0.29, 0.717) is 29.5 Å². The van der Waals surface area contributed by atoms with Crippen LogP contribution in [0, 0.1) is 11.7 Å². The molecule has 0 spiro atoms. The SMILES string of the molecule is COc1cc(C(=O)NC[C@](O)(c2cc3c(c(-c4ccc(F)cc4)n2)OC[C@@]3(N)C(F)(F)F)C2CC2)cc2cn(C)nc12. The molecule has 0 saturated heterocycles. The van der Waals surface area contributed by atoms with E-state index in [4.69, 9.17) is 15.2 Å². The summed E-state index contributed by atoms with van der Waals surface area (Å²) in [6, 6.07) is 9.25. The van der Waals surface area contributed by atoms with Gasteiger partial charge in [-0.3, -0.25) is 9.48 Å². The number of amides is 1. The van der Waals surface area contributed by atoms with Crippen molar-refractivity contribution in [1.29, 1.82) is 0 Å². The molecule has 0 radical (unpaired) electrons. The number of rotatable bonds is 7. The summed E-state index contributed by atoms with van der Waals surface area (Å²) in [6.07, 6.45) is -2.03. The Morgan fingerprint density at radius 1 is 1.24 bits per heavy atom. The number of nitrogens with one attached hydrogen (secondary N) is 1. The number of methoxy groups -OCH3 is 1. The summed E-state index contributed by atoms with van der Waals surface area (Å²) in [6.45, 7) is -1.23. The molecule has 3 heterocycles. The highest BCUT2D eigenvalue weighted by atomic mass is 19.4. The molecule has 0 unspecified atom stereocenters. The molecule has 9 nitrogen and oxygen atoms in total. The van der Waals surface area contributed by atoms with Crippen LogP contribution in [0.4, 0.5) is 17.6 Å². The van der Waals surface area contributed by atoms with E-state index < -0.39 is 41.2 Å². The summed E-state index contributed by atoms with van der Waals surface area (Å²) in [5, 5.41) is 19.7. The number of carbonyl (C=O) groups is 1. The first-order valence-electron chi connectivity index (χ1n) is 13.2. The third kappa shape index (κ3) is 4.52. The number of aromatic nitrogens is 3. The Morgan fingerprint density at radius 2 is 1.95 bits per heavy atom. The minimum Gasteiger partial charge on any atom is -0.494 e. The maximum absolute atomic E-state index is 14.2. The lowest BCUT2D eigenvalue weighted by molar-refractivity contribution is -0.191. The minimum absolute atomic E-state index is 0.0174. The molecule has 4 aromatic rings. The number of nitrogens with zero attached hydrogens (tertiary/aromatic N) is 3. The van der Waals surface area contributed by atoms with Crippen molar-refractivity contribution in [2.45, 2.75) is 30.2 Å². The zero-order chi connectivity index (χ0) is 30.0. The van der Waals surface area contributed by atoms with Crippen LogP contribution < -0.4 is 20.5 Å². The van der Waals surface area contributed by atoms with Crippen LogP contribution in [-0.4, -0.2) is 52.2 Å². The molecule has 0 bridgehead atoms. The molecule has 1 saturated carbocycles. The van der Waals surface area contributed by atoms with E-state index in [1.807, 2.05) is 0 Å². The monoisotopic (exact) mass is 585 g/mol. The van der Waals surface area contributed by atoms with Gasteiger partial charge < -0.3 is 25.6 Å². The Balaban J connectivity index is 1.40. The van der Waals surface area contributed by atoms with Gasteiger partial charge in [-0.05, 0) is 61.2 Å². The third-order valence-corrected chi connectivity index (χ3v) is 7.91. The normalized spacial score (nSPS) is 19.7. The van der Waals surface area contributed by atoms with Gasteiger partial charge in [-0.1, -0.05) is 0 Å². The van der Waals surface area contributed by atoms with Crippen molar-refractivity contribution < 1.29 is 36.9 Å². The summed E-state index contributed by atoms with van der Waals surface area (Å²) >= 11 is 0. The molecule has 4 N–H and O–H groups in total. The van der Waals surface area contributed by atoms with Crippen molar-refractivity contribution in [2.75, 3.05) is 20.3 Å². The maximum atomic E-state index is 14.2. The largest absolute Gasteiger partial charge is 0.494 e. The van der Waals surface area contributed by atoms with E-state index in [2.05, 4.69) is 15.4 Å². The van der Waals surface area contributed by atoms with Crippen molar-refractivity contribution in [3.8, 4) is 22.8 Å². The standard InChI is InChI=1S/C29H27F4N5O4/c1-38-12-17-9-16(10-21(41-2)23(17)37-38)26(39)35-13-27(40,18-5-6-18)22-11-20-25(42-14-28(20,34)29(31,32)33)24(36-22)15-3-7-19(30)8-4-15/h3-4,7-12,18,40H,5-6,13-14,34H2,1-2H3,(H,35,39)/t27-,28+/m1/s1. The summed E-state index contributed by atoms with van der Waals surface area (Å²) in [4.78, 5) is 17.8. The summed E-state index contributed by atoms with van der Waals surface area (Å²) in [5.74, 6) is -1.28. The van der Waals surface area contributed by atoms with Gasteiger partial charge in [0.15, 0.2) is 11.3 Å². The second kappa shape index (κ2) is 9.66. The number of nitrogens with two attached hydrogens (primary N) is 1. The molecule has 6 rings (SSSR count). The van der Waals surface area contributed by atoms with Crippen molar-refractivity contribution in [2.24, 2.45) is 18.7 Å². The maximum Gasteiger partial charge on any atom is 0.414 e. The Bertz CT molecular complexity index is 1700. The van der Waals surface area contributed by atoms with Crippen LogP contribution in [0.2, 0.25) is 0 Å². The number of carbonyl (C=O) groups excluding carboxylic acids is 1. The quantitative estimate of drug-likeness (QED) is 0.281. The highest BCUT2D eigenvalue weighted by Gasteiger charge is 2.59. The Kier molecular flexibility index (Phi) is 6.42. The van der Waals surface area contributed by atoms with Gasteiger partial charge in [0, 0.05) is 35.3 Å². The van der Waals surface area contributed by atoms with E-state index in [-0.39, 0.29) is 40.7 Å². The van der Waals surface area contributed by atoms with Crippen molar-refractivity contribution in [3.05, 3.63) is 71.3 Å². The minimum atomic E-state index is -4.88. The molecule has 1 amide bonds. The summed E-state index contributed by atoms with van der Waals surface area (Å²) < 4.78 is 68.7. The molecule has 1 fully saturated rings. The molecule has 220 valence electrons. The smallest absolute Gasteiger partial charge is 0.414 e. The Morgan fingerprint density at radius 3 is 2.60 bits per heavy atom. The van der Waals surface area contributed by atoms with Crippen LogP contribution in [0.1, 0.15) is 34.5 Å². The predicted octanol–water partition coefficient (Wildman–Crippen LogP) is 3.92. The average Bonchev–Trinajstić information content (AvgIpc) is 3.66. The second-order valence-electron chi connectivity index (χ2n) is 10.8. The number of benzene rings is 2. The van der Waals surface area contributed by atoms with Crippen molar-refractivity contribution in [3.63, 3.8) is 0 Å². The van der Waals surface area contributed by atoms with Gasteiger partial charge in [0.2, 0.25) is 0 Å². The first-order chi connectivity index (χ1) is 19.8. The molecular formula is C29H27F4N5O4. The summed E-state index contributed by atoms with van der Waals surface area (Å²) in [5.41, 5.74) is 1.76. The molecule has 13 heteroatoms. The van der Waals surface area contributed by atoms with Gasteiger partial charge in [0.05, 0.1) is 19.3 Å². The van der Waals surface area contributed by atoms with E-state index in [0.717, 1.165) is 18.2 Å². The number of aryl methyl sites for hydroxylation is 1. The number of ether oxygens (including phenoxy) is 2. The summed E-state index contributed by atoms with van der Waals surface area (Å²) in [7, 11) is 3.19. The van der Waals surface area contributed by atoms with Crippen molar-refractivity contribution >= 4 is 16.8 Å².